The zero-order valence-corrected chi connectivity index (χ0v) is 13.2. The van der Waals surface area contributed by atoms with Crippen LogP contribution < -0.4 is 4.74 Å². The van der Waals surface area contributed by atoms with Crippen LogP contribution in [0.25, 0.3) is 10.9 Å². The highest BCUT2D eigenvalue weighted by atomic mass is 35.5. The van der Waals surface area contributed by atoms with Crippen molar-refractivity contribution in [1.82, 2.24) is 15.0 Å². The summed E-state index contributed by atoms with van der Waals surface area (Å²) >= 11 is 7.02. The number of fused-ring (bicyclic) bond motifs is 1. The molecule has 0 spiro atoms. The highest BCUT2D eigenvalue weighted by Crippen LogP contribution is 2.29. The summed E-state index contributed by atoms with van der Waals surface area (Å²) in [5.74, 6) is -0.373. The van der Waals surface area contributed by atoms with Gasteiger partial charge in [0.15, 0.2) is 16.1 Å². The molecule has 0 radical (unpaired) electrons. The number of benzene rings is 1. The van der Waals surface area contributed by atoms with Gasteiger partial charge in [-0.05, 0) is 11.8 Å². The van der Waals surface area contributed by atoms with Gasteiger partial charge < -0.3 is 4.74 Å². The normalized spacial score (nSPS) is 10.9. The van der Waals surface area contributed by atoms with Crippen LogP contribution in [0, 0.1) is 5.82 Å². The van der Waals surface area contributed by atoms with E-state index in [9.17, 15) is 4.39 Å². The first-order valence-corrected chi connectivity index (χ1v) is 8.01. The van der Waals surface area contributed by atoms with Crippen LogP contribution in [0.2, 0.25) is 5.15 Å². The molecule has 0 amide bonds. The zero-order chi connectivity index (χ0) is 15.5. The maximum atomic E-state index is 14.1. The highest BCUT2D eigenvalue weighted by molar-refractivity contribution is 7.98. The van der Waals surface area contributed by atoms with Crippen molar-refractivity contribution in [3.05, 3.63) is 53.1 Å². The first-order valence-electron chi connectivity index (χ1n) is 6.41. The molecule has 0 aliphatic heterocycles. The minimum absolute atomic E-state index is 0.113. The SMILES string of the molecule is CSc1nc(OCc2ccccc2)c2cnc(Cl)c(F)c2n1. The van der Waals surface area contributed by atoms with E-state index in [0.29, 0.717) is 23.0 Å². The third kappa shape index (κ3) is 2.98. The van der Waals surface area contributed by atoms with Gasteiger partial charge in [0.05, 0.1) is 5.39 Å². The molecule has 3 rings (SSSR count). The van der Waals surface area contributed by atoms with Crippen LogP contribution in [0.15, 0.2) is 41.7 Å². The molecule has 0 bridgehead atoms. The molecule has 0 saturated heterocycles. The van der Waals surface area contributed by atoms with Crippen LogP contribution in [-0.4, -0.2) is 21.2 Å². The average molecular weight is 336 g/mol. The quantitative estimate of drug-likeness (QED) is 0.408. The molecule has 0 fully saturated rings. The Hall–Kier alpha value is -1.92. The van der Waals surface area contributed by atoms with Crippen LogP contribution in [-0.2, 0) is 6.61 Å². The van der Waals surface area contributed by atoms with Crippen LogP contribution in [0.4, 0.5) is 4.39 Å². The minimum Gasteiger partial charge on any atom is -0.472 e. The molecule has 1 aromatic carbocycles. The first kappa shape index (κ1) is 15.0. The number of hydrogen-bond donors (Lipinski definition) is 0. The monoisotopic (exact) mass is 335 g/mol. The van der Waals surface area contributed by atoms with Gasteiger partial charge in [-0.1, -0.05) is 53.7 Å². The van der Waals surface area contributed by atoms with Crippen molar-refractivity contribution in [2.45, 2.75) is 11.8 Å². The Kier molecular flexibility index (Phi) is 4.40. The Morgan fingerprint density at radius 3 is 2.73 bits per heavy atom. The molecular weight excluding hydrogens is 325 g/mol. The molecule has 0 aliphatic carbocycles. The summed E-state index contributed by atoms with van der Waals surface area (Å²) < 4.78 is 19.8. The van der Waals surface area contributed by atoms with E-state index < -0.39 is 5.82 Å². The Bertz CT molecular complexity index is 817. The predicted octanol–water partition coefficient (Wildman–Crippen LogP) is 4.12. The van der Waals surface area contributed by atoms with E-state index in [1.165, 1.54) is 18.0 Å². The molecule has 0 atom stereocenters. The fourth-order valence-corrected chi connectivity index (χ4v) is 2.41. The summed E-state index contributed by atoms with van der Waals surface area (Å²) in [7, 11) is 0. The van der Waals surface area contributed by atoms with Gasteiger partial charge in [-0.25, -0.2) is 14.4 Å². The van der Waals surface area contributed by atoms with E-state index in [4.69, 9.17) is 16.3 Å². The summed E-state index contributed by atoms with van der Waals surface area (Å²) in [6.45, 7) is 0.324. The van der Waals surface area contributed by atoms with E-state index in [1.807, 2.05) is 36.6 Å². The van der Waals surface area contributed by atoms with E-state index in [2.05, 4.69) is 15.0 Å². The van der Waals surface area contributed by atoms with Gasteiger partial charge in [0.25, 0.3) is 0 Å². The molecule has 112 valence electrons. The van der Waals surface area contributed by atoms with Gasteiger partial charge in [0, 0.05) is 6.20 Å². The topological polar surface area (TPSA) is 47.9 Å². The average Bonchev–Trinajstić information content (AvgIpc) is 2.57. The lowest BCUT2D eigenvalue weighted by atomic mass is 10.2. The van der Waals surface area contributed by atoms with Crippen molar-refractivity contribution in [3.63, 3.8) is 0 Å². The lowest BCUT2D eigenvalue weighted by Gasteiger charge is -2.10. The van der Waals surface area contributed by atoms with Gasteiger partial charge in [-0.2, -0.15) is 4.98 Å². The lowest BCUT2D eigenvalue weighted by Crippen LogP contribution is -2.02. The van der Waals surface area contributed by atoms with Crippen molar-refractivity contribution in [3.8, 4) is 5.88 Å². The fourth-order valence-electron chi connectivity index (χ4n) is 1.92. The third-order valence-corrected chi connectivity index (χ3v) is 3.80. The Morgan fingerprint density at radius 2 is 2.00 bits per heavy atom. The number of nitrogens with zero attached hydrogens (tertiary/aromatic N) is 3. The number of pyridine rings is 1. The van der Waals surface area contributed by atoms with E-state index in [0.717, 1.165) is 5.56 Å². The second-order valence-corrected chi connectivity index (χ2v) is 5.55. The molecular formula is C15H11ClFN3OS. The van der Waals surface area contributed by atoms with E-state index in [1.54, 1.807) is 0 Å². The van der Waals surface area contributed by atoms with Crippen LogP contribution in [0.5, 0.6) is 5.88 Å². The third-order valence-electron chi connectivity index (χ3n) is 2.99. The van der Waals surface area contributed by atoms with Crippen molar-refractivity contribution < 1.29 is 9.13 Å². The van der Waals surface area contributed by atoms with Gasteiger partial charge >= 0.3 is 0 Å². The summed E-state index contributed by atoms with van der Waals surface area (Å²) in [6, 6.07) is 9.65. The summed E-state index contributed by atoms with van der Waals surface area (Å²) in [4.78, 5) is 12.2. The minimum atomic E-state index is -0.665. The molecule has 2 aromatic heterocycles. The van der Waals surface area contributed by atoms with Gasteiger partial charge in [0.2, 0.25) is 5.88 Å². The largest absolute Gasteiger partial charge is 0.472 e. The predicted molar refractivity (Wildman–Crippen MR) is 84.9 cm³/mol. The van der Waals surface area contributed by atoms with Crippen molar-refractivity contribution in [2.24, 2.45) is 0 Å². The summed E-state index contributed by atoms with van der Waals surface area (Å²) in [5.41, 5.74) is 1.10. The standard InChI is InChI=1S/C15H11ClFN3OS/c1-22-15-19-12-10(7-18-13(16)11(12)17)14(20-15)21-8-9-5-3-2-4-6-9/h2-7H,8H2,1H3. The molecule has 0 aliphatic rings. The zero-order valence-electron chi connectivity index (χ0n) is 11.6. The molecule has 2 heterocycles. The molecule has 0 N–H and O–H groups in total. The van der Waals surface area contributed by atoms with Crippen molar-refractivity contribution in [2.75, 3.05) is 6.26 Å². The lowest BCUT2D eigenvalue weighted by molar-refractivity contribution is 0.295. The van der Waals surface area contributed by atoms with Gasteiger partial charge in [-0.3, -0.25) is 0 Å². The molecule has 7 heteroatoms. The fraction of sp³-hybridized carbons (Fsp3) is 0.133. The molecule has 4 nitrogen and oxygen atoms in total. The van der Waals surface area contributed by atoms with Crippen LogP contribution >= 0.6 is 23.4 Å². The second kappa shape index (κ2) is 6.46. The number of aromatic nitrogens is 3. The van der Waals surface area contributed by atoms with Crippen LogP contribution in [0.3, 0.4) is 0 Å². The number of ether oxygens (including phenoxy) is 1. The van der Waals surface area contributed by atoms with Crippen molar-refractivity contribution >= 4 is 34.3 Å². The number of rotatable bonds is 4. The van der Waals surface area contributed by atoms with E-state index in [-0.39, 0.29) is 10.7 Å². The first-order chi connectivity index (χ1) is 10.7. The number of thioether (sulfide) groups is 1. The van der Waals surface area contributed by atoms with E-state index >= 15 is 0 Å². The van der Waals surface area contributed by atoms with Crippen LogP contribution in [0.1, 0.15) is 5.56 Å². The van der Waals surface area contributed by atoms with Gasteiger partial charge in [-0.15, -0.1) is 0 Å². The molecule has 0 unspecified atom stereocenters. The number of halogens is 2. The Balaban J connectivity index is 2.02. The molecule has 22 heavy (non-hydrogen) atoms. The maximum absolute atomic E-state index is 14.1. The smallest absolute Gasteiger partial charge is 0.227 e. The van der Waals surface area contributed by atoms with Gasteiger partial charge in [0.1, 0.15) is 12.1 Å². The Labute approximate surface area is 135 Å². The van der Waals surface area contributed by atoms with Crippen molar-refractivity contribution in [1.29, 1.82) is 0 Å². The maximum Gasteiger partial charge on any atom is 0.227 e. The second-order valence-electron chi connectivity index (χ2n) is 4.42. The molecule has 3 aromatic rings. The number of hydrogen-bond acceptors (Lipinski definition) is 5. The molecule has 0 saturated carbocycles. The summed E-state index contributed by atoms with van der Waals surface area (Å²) in [6.07, 6.45) is 3.23. The Morgan fingerprint density at radius 1 is 1.23 bits per heavy atom. The highest BCUT2D eigenvalue weighted by Gasteiger charge is 2.15. The summed E-state index contributed by atoms with van der Waals surface area (Å²) in [5, 5.41) is 0.597.